The van der Waals surface area contributed by atoms with Crippen LogP contribution in [0.4, 0.5) is 0 Å². The third-order valence-electron chi connectivity index (χ3n) is 3.39. The first-order valence-corrected chi connectivity index (χ1v) is 8.01. The van der Waals surface area contributed by atoms with Crippen molar-refractivity contribution in [3.05, 3.63) is 34.1 Å². The highest BCUT2D eigenvalue weighted by Crippen LogP contribution is 2.44. The molecule has 1 aromatic heterocycles. The van der Waals surface area contributed by atoms with E-state index >= 15 is 0 Å². The zero-order valence-corrected chi connectivity index (χ0v) is 11.7. The largest absolute Gasteiger partial charge is 0.543 e. The highest BCUT2D eigenvalue weighted by molar-refractivity contribution is 8.03. The molecule has 20 heavy (non-hydrogen) atoms. The number of hydrogen-bond donors (Lipinski definition) is 0. The van der Waals surface area contributed by atoms with Gasteiger partial charge in [-0.25, -0.2) is 0 Å². The number of carbonyl (C=O) groups is 2. The van der Waals surface area contributed by atoms with E-state index in [0.717, 1.165) is 23.0 Å². The van der Waals surface area contributed by atoms with Gasteiger partial charge in [-0.15, -0.1) is 23.5 Å². The summed E-state index contributed by atoms with van der Waals surface area (Å²) in [7, 11) is 0. The summed E-state index contributed by atoms with van der Waals surface area (Å²) in [6.07, 6.45) is 1.75. The summed E-state index contributed by atoms with van der Waals surface area (Å²) in [5.41, 5.74) is 2.45. The van der Waals surface area contributed by atoms with Crippen molar-refractivity contribution in [1.29, 1.82) is 0 Å². The Morgan fingerprint density at radius 3 is 3.15 bits per heavy atom. The minimum absolute atomic E-state index is 0.0501. The smallest absolute Gasteiger partial charge is 0.258 e. The van der Waals surface area contributed by atoms with Gasteiger partial charge in [-0.2, -0.15) is 5.10 Å². The van der Waals surface area contributed by atoms with E-state index in [1.807, 2.05) is 10.7 Å². The van der Waals surface area contributed by atoms with Gasteiger partial charge >= 0.3 is 0 Å². The number of amides is 1. The lowest BCUT2D eigenvalue weighted by atomic mass is 10.0. The van der Waals surface area contributed by atoms with Gasteiger partial charge in [-0.1, -0.05) is 0 Å². The Morgan fingerprint density at radius 1 is 1.55 bits per heavy atom. The molecule has 102 valence electrons. The number of rotatable bonds is 2. The predicted octanol–water partition coefficient (Wildman–Crippen LogP) is -0.0228. The number of aromatic nitrogens is 2. The summed E-state index contributed by atoms with van der Waals surface area (Å²) < 4.78 is 1.92. The van der Waals surface area contributed by atoms with E-state index < -0.39 is 5.97 Å². The van der Waals surface area contributed by atoms with Crippen LogP contribution < -0.4 is 5.11 Å². The minimum Gasteiger partial charge on any atom is -0.543 e. The average Bonchev–Trinajstić information content (AvgIpc) is 3.07. The molecule has 0 saturated carbocycles. The number of carbonyl (C=O) groups excluding carboxylic acids is 2. The molecule has 0 aliphatic carbocycles. The summed E-state index contributed by atoms with van der Waals surface area (Å²) in [5, 5.41) is 16.5. The SMILES string of the molecule is O=C([O-])C1=CSC2/C(=C\c3cc4n(n3)CSC4)C(=O)N12. The first-order valence-electron chi connectivity index (χ1n) is 5.92. The van der Waals surface area contributed by atoms with Crippen LogP contribution in [0, 0.1) is 0 Å². The van der Waals surface area contributed by atoms with E-state index in [-0.39, 0.29) is 17.0 Å². The van der Waals surface area contributed by atoms with Crippen LogP contribution in [0.2, 0.25) is 0 Å². The number of carboxylic acid groups (broad SMARTS) is 1. The van der Waals surface area contributed by atoms with E-state index in [0.29, 0.717) is 5.57 Å². The van der Waals surface area contributed by atoms with Crippen molar-refractivity contribution in [2.75, 3.05) is 0 Å². The van der Waals surface area contributed by atoms with Gasteiger partial charge in [0, 0.05) is 11.4 Å². The fourth-order valence-corrected chi connectivity index (χ4v) is 4.47. The molecule has 6 nitrogen and oxygen atoms in total. The molecule has 0 bridgehead atoms. The highest BCUT2D eigenvalue weighted by Gasteiger charge is 2.47. The molecule has 0 aromatic carbocycles. The average molecular weight is 306 g/mol. The van der Waals surface area contributed by atoms with Gasteiger partial charge in [0.2, 0.25) is 0 Å². The number of fused-ring (bicyclic) bond motifs is 2. The Hall–Kier alpha value is -1.67. The van der Waals surface area contributed by atoms with Crippen molar-refractivity contribution in [2.45, 2.75) is 17.0 Å². The Labute approximate surface area is 122 Å². The number of aliphatic carboxylic acids is 1. The molecule has 1 unspecified atom stereocenters. The Bertz CT molecular complexity index is 685. The highest BCUT2D eigenvalue weighted by atomic mass is 32.2. The molecule has 8 heteroatoms. The Kier molecular flexibility index (Phi) is 2.52. The van der Waals surface area contributed by atoms with Crippen molar-refractivity contribution >= 4 is 41.5 Å². The Morgan fingerprint density at radius 2 is 2.40 bits per heavy atom. The normalized spacial score (nSPS) is 25.5. The van der Waals surface area contributed by atoms with Crippen LogP contribution >= 0.6 is 23.5 Å². The maximum Gasteiger partial charge on any atom is 0.258 e. The van der Waals surface area contributed by atoms with Gasteiger partial charge in [-0.05, 0) is 17.6 Å². The molecule has 1 amide bonds. The van der Waals surface area contributed by atoms with E-state index in [4.69, 9.17) is 0 Å². The molecule has 3 aliphatic heterocycles. The van der Waals surface area contributed by atoms with E-state index in [9.17, 15) is 14.7 Å². The van der Waals surface area contributed by atoms with Crippen LogP contribution in [0.5, 0.6) is 0 Å². The monoisotopic (exact) mass is 306 g/mol. The minimum atomic E-state index is -1.31. The van der Waals surface area contributed by atoms with Crippen LogP contribution in [0.15, 0.2) is 22.7 Å². The number of hydrogen-bond acceptors (Lipinski definition) is 6. The summed E-state index contributed by atoms with van der Waals surface area (Å²) in [5.74, 6) is 0.182. The van der Waals surface area contributed by atoms with Crippen molar-refractivity contribution < 1.29 is 14.7 Å². The van der Waals surface area contributed by atoms with Crippen molar-refractivity contribution in [3.63, 3.8) is 0 Å². The zero-order chi connectivity index (χ0) is 13.9. The van der Waals surface area contributed by atoms with Crippen LogP contribution in [0.25, 0.3) is 6.08 Å². The summed E-state index contributed by atoms with van der Waals surface area (Å²) in [6, 6.07) is 1.97. The molecular formula is C12H8N3O3S2-. The first kappa shape index (κ1) is 12.1. The third-order valence-corrected chi connectivity index (χ3v) is 5.40. The lowest BCUT2D eigenvalue weighted by molar-refractivity contribution is -0.301. The second-order valence-electron chi connectivity index (χ2n) is 4.59. The molecule has 4 heterocycles. The fourth-order valence-electron chi connectivity index (χ4n) is 2.43. The van der Waals surface area contributed by atoms with Crippen molar-refractivity contribution in [3.8, 4) is 0 Å². The second-order valence-corrected chi connectivity index (χ2v) is 6.50. The summed E-state index contributed by atoms with van der Waals surface area (Å²) >= 11 is 3.10. The maximum atomic E-state index is 12.0. The van der Waals surface area contributed by atoms with Gasteiger partial charge in [0.05, 0.1) is 28.8 Å². The van der Waals surface area contributed by atoms with Gasteiger partial charge in [0.25, 0.3) is 5.91 Å². The molecule has 0 spiro atoms. The van der Waals surface area contributed by atoms with Crippen molar-refractivity contribution in [1.82, 2.24) is 14.7 Å². The van der Waals surface area contributed by atoms with Crippen LogP contribution in [0.3, 0.4) is 0 Å². The number of carboxylic acids is 1. The van der Waals surface area contributed by atoms with Crippen LogP contribution in [0.1, 0.15) is 11.4 Å². The molecule has 0 radical (unpaired) electrons. The van der Waals surface area contributed by atoms with Crippen molar-refractivity contribution in [2.24, 2.45) is 0 Å². The third kappa shape index (κ3) is 1.58. The number of thioether (sulfide) groups is 2. The quantitative estimate of drug-likeness (QED) is 0.564. The van der Waals surface area contributed by atoms with E-state index in [1.165, 1.54) is 22.1 Å². The summed E-state index contributed by atoms with van der Waals surface area (Å²) in [4.78, 5) is 24.1. The molecule has 0 N–H and O–H groups in total. The summed E-state index contributed by atoms with van der Waals surface area (Å²) in [6.45, 7) is 0. The van der Waals surface area contributed by atoms with Gasteiger partial charge in [0.1, 0.15) is 5.37 Å². The zero-order valence-electron chi connectivity index (χ0n) is 10.1. The first-order chi connectivity index (χ1) is 9.65. The molecule has 4 rings (SSSR count). The number of β-lactam (4-membered cyclic amide) rings is 1. The van der Waals surface area contributed by atoms with Gasteiger partial charge < -0.3 is 9.90 Å². The second kappa shape index (κ2) is 4.16. The molecule has 1 saturated heterocycles. The number of nitrogens with zero attached hydrogens (tertiary/aromatic N) is 3. The van der Waals surface area contributed by atoms with E-state index in [1.54, 1.807) is 17.8 Å². The van der Waals surface area contributed by atoms with Gasteiger partial charge in [0.15, 0.2) is 0 Å². The molecule has 3 aliphatic rings. The predicted molar refractivity (Wildman–Crippen MR) is 72.8 cm³/mol. The topological polar surface area (TPSA) is 78.3 Å². The molecule has 1 aromatic rings. The maximum absolute atomic E-state index is 12.0. The fraction of sp³-hybridized carbons (Fsp3) is 0.250. The molecular weight excluding hydrogens is 298 g/mol. The van der Waals surface area contributed by atoms with Crippen LogP contribution in [-0.4, -0.2) is 31.9 Å². The molecule has 1 fully saturated rings. The van der Waals surface area contributed by atoms with Gasteiger partial charge in [-0.3, -0.25) is 14.4 Å². The molecule has 1 atom stereocenters. The lowest BCUT2D eigenvalue weighted by Crippen LogP contribution is -2.52. The lowest BCUT2D eigenvalue weighted by Gasteiger charge is -2.38. The van der Waals surface area contributed by atoms with Crippen LogP contribution in [-0.2, 0) is 21.2 Å². The standard InChI is InChI=1S/C12H9N3O3S2/c16-10-8(11-15(10)9(4-20-11)12(17)18)2-6-1-7-3-19-5-14(7)13-6/h1-2,4,11H,3,5H2,(H,17,18)/p-1/b8-2-. The van der Waals surface area contributed by atoms with E-state index in [2.05, 4.69) is 5.10 Å². The Balaban J connectivity index is 1.61.